The highest BCUT2D eigenvalue weighted by Crippen LogP contribution is 2.18. The van der Waals surface area contributed by atoms with Gasteiger partial charge in [-0.1, -0.05) is 32.0 Å². The van der Waals surface area contributed by atoms with Gasteiger partial charge in [0.2, 0.25) is 5.91 Å². The molecule has 24 heavy (non-hydrogen) atoms. The van der Waals surface area contributed by atoms with Gasteiger partial charge >= 0.3 is 0 Å². The van der Waals surface area contributed by atoms with Crippen LogP contribution in [-0.2, 0) is 11.2 Å². The highest BCUT2D eigenvalue weighted by atomic mass is 16.1. The van der Waals surface area contributed by atoms with E-state index in [2.05, 4.69) is 34.4 Å². The van der Waals surface area contributed by atoms with Crippen LogP contribution in [0.25, 0.3) is 10.9 Å². The molecule has 124 valence electrons. The highest BCUT2D eigenvalue weighted by Gasteiger charge is 2.09. The van der Waals surface area contributed by atoms with Gasteiger partial charge < -0.3 is 15.6 Å². The number of carbonyl (C=O) groups excluding carboxylic acids is 1. The molecule has 2 heterocycles. The Hall–Kier alpha value is -2.82. The van der Waals surface area contributed by atoms with Crippen molar-refractivity contribution in [3.8, 4) is 0 Å². The molecule has 3 aromatic rings. The van der Waals surface area contributed by atoms with Gasteiger partial charge in [-0.3, -0.25) is 4.79 Å². The number of anilines is 2. The molecule has 0 radical (unpaired) electrons. The maximum atomic E-state index is 12.3. The number of pyridine rings is 1. The van der Waals surface area contributed by atoms with Crippen molar-refractivity contribution in [3.05, 3.63) is 54.4 Å². The topological polar surface area (TPSA) is 69.8 Å². The van der Waals surface area contributed by atoms with Crippen LogP contribution in [0.3, 0.4) is 0 Å². The fourth-order valence-corrected chi connectivity index (χ4v) is 2.54. The lowest BCUT2D eigenvalue weighted by Gasteiger charge is -2.09. The summed E-state index contributed by atoms with van der Waals surface area (Å²) in [6, 6.07) is 11.7. The average molecular weight is 322 g/mol. The molecular formula is C19H22N4O. The van der Waals surface area contributed by atoms with E-state index in [9.17, 15) is 4.79 Å². The molecule has 0 atom stereocenters. The maximum absolute atomic E-state index is 12.3. The molecule has 0 bridgehead atoms. The van der Waals surface area contributed by atoms with Gasteiger partial charge in [0.25, 0.3) is 0 Å². The molecule has 3 N–H and O–H groups in total. The zero-order chi connectivity index (χ0) is 16.9. The number of amides is 1. The second-order valence-corrected chi connectivity index (χ2v) is 6.29. The summed E-state index contributed by atoms with van der Waals surface area (Å²) in [6.45, 7) is 5.16. The first-order valence-corrected chi connectivity index (χ1v) is 8.16. The number of nitrogens with zero attached hydrogens (tertiary/aromatic N) is 1. The largest absolute Gasteiger partial charge is 0.370 e. The lowest BCUT2D eigenvalue weighted by molar-refractivity contribution is -0.115. The summed E-state index contributed by atoms with van der Waals surface area (Å²) in [4.78, 5) is 19.8. The Morgan fingerprint density at radius 2 is 2.04 bits per heavy atom. The van der Waals surface area contributed by atoms with E-state index in [0.29, 0.717) is 18.0 Å². The fourth-order valence-electron chi connectivity index (χ4n) is 2.54. The standard InChI is InChI=1S/C19H22N4O/c1-13(2)10-21-18-8-7-15(12-22-18)23-19(24)9-14-11-20-17-6-4-3-5-16(14)17/h3-8,11-13,20H,9-10H2,1-2H3,(H,21,22)(H,23,24). The molecule has 0 unspecified atom stereocenters. The molecule has 5 nitrogen and oxygen atoms in total. The number of fused-ring (bicyclic) bond motifs is 1. The van der Waals surface area contributed by atoms with E-state index in [4.69, 9.17) is 0 Å². The first kappa shape index (κ1) is 16.1. The molecule has 0 spiro atoms. The number of aromatic nitrogens is 2. The first-order chi connectivity index (χ1) is 11.6. The van der Waals surface area contributed by atoms with Gasteiger partial charge in [-0.25, -0.2) is 4.98 Å². The number of carbonyl (C=O) groups is 1. The van der Waals surface area contributed by atoms with Crippen molar-refractivity contribution in [2.75, 3.05) is 17.2 Å². The normalized spacial score (nSPS) is 11.0. The van der Waals surface area contributed by atoms with Crippen LogP contribution in [0.4, 0.5) is 11.5 Å². The van der Waals surface area contributed by atoms with Gasteiger partial charge in [0.1, 0.15) is 5.82 Å². The van der Waals surface area contributed by atoms with E-state index in [1.807, 2.05) is 42.6 Å². The summed E-state index contributed by atoms with van der Waals surface area (Å²) >= 11 is 0. The Morgan fingerprint density at radius 1 is 1.21 bits per heavy atom. The van der Waals surface area contributed by atoms with Crippen molar-refractivity contribution in [1.82, 2.24) is 9.97 Å². The van der Waals surface area contributed by atoms with Crippen LogP contribution in [0.15, 0.2) is 48.8 Å². The summed E-state index contributed by atoms with van der Waals surface area (Å²) in [6.07, 6.45) is 3.90. The van der Waals surface area contributed by atoms with E-state index in [0.717, 1.165) is 28.8 Å². The SMILES string of the molecule is CC(C)CNc1ccc(NC(=O)Cc2c[nH]c3ccccc23)cn1. The molecule has 2 aromatic heterocycles. The third kappa shape index (κ3) is 3.93. The van der Waals surface area contributed by atoms with Crippen LogP contribution in [0.5, 0.6) is 0 Å². The smallest absolute Gasteiger partial charge is 0.228 e. The predicted octanol–water partition coefficient (Wildman–Crippen LogP) is 3.81. The van der Waals surface area contributed by atoms with E-state index in [1.54, 1.807) is 6.20 Å². The van der Waals surface area contributed by atoms with E-state index < -0.39 is 0 Å². The molecule has 0 aliphatic carbocycles. The molecular weight excluding hydrogens is 300 g/mol. The fraction of sp³-hybridized carbons (Fsp3) is 0.263. The van der Waals surface area contributed by atoms with Crippen molar-refractivity contribution in [2.45, 2.75) is 20.3 Å². The van der Waals surface area contributed by atoms with Gasteiger partial charge in [0.05, 0.1) is 18.3 Å². The molecule has 0 aliphatic rings. The highest BCUT2D eigenvalue weighted by molar-refractivity contribution is 5.95. The Labute approximate surface area is 141 Å². The molecule has 3 rings (SSSR count). The predicted molar refractivity (Wildman–Crippen MR) is 98.2 cm³/mol. The van der Waals surface area contributed by atoms with E-state index in [-0.39, 0.29) is 5.91 Å². The quantitative estimate of drug-likeness (QED) is 0.646. The van der Waals surface area contributed by atoms with Crippen molar-refractivity contribution in [2.24, 2.45) is 5.92 Å². The van der Waals surface area contributed by atoms with Gasteiger partial charge in [-0.2, -0.15) is 0 Å². The zero-order valence-corrected chi connectivity index (χ0v) is 14.0. The third-order valence-electron chi connectivity index (χ3n) is 3.76. The van der Waals surface area contributed by atoms with Crippen LogP contribution in [-0.4, -0.2) is 22.4 Å². The number of nitrogens with one attached hydrogen (secondary N) is 3. The van der Waals surface area contributed by atoms with Crippen LogP contribution >= 0.6 is 0 Å². The monoisotopic (exact) mass is 322 g/mol. The number of hydrogen-bond donors (Lipinski definition) is 3. The molecule has 0 saturated heterocycles. The van der Waals surface area contributed by atoms with Gasteiger partial charge in [0.15, 0.2) is 0 Å². The molecule has 0 saturated carbocycles. The minimum absolute atomic E-state index is 0.0514. The number of para-hydroxylation sites is 1. The van der Waals surface area contributed by atoms with Gasteiger partial charge in [-0.15, -0.1) is 0 Å². The Morgan fingerprint density at radius 3 is 2.79 bits per heavy atom. The van der Waals surface area contributed by atoms with Crippen LogP contribution in [0.1, 0.15) is 19.4 Å². The van der Waals surface area contributed by atoms with Gasteiger partial charge in [0, 0.05) is 23.6 Å². The van der Waals surface area contributed by atoms with Gasteiger partial charge in [-0.05, 0) is 29.7 Å². The Kier molecular flexibility index (Phi) is 4.79. The second kappa shape index (κ2) is 7.17. The van der Waals surface area contributed by atoms with Crippen LogP contribution < -0.4 is 10.6 Å². The Bertz CT molecular complexity index is 821. The average Bonchev–Trinajstić information content (AvgIpc) is 2.97. The maximum Gasteiger partial charge on any atom is 0.228 e. The number of aromatic amines is 1. The van der Waals surface area contributed by atoms with E-state index >= 15 is 0 Å². The summed E-state index contributed by atoms with van der Waals surface area (Å²) in [7, 11) is 0. The molecule has 5 heteroatoms. The molecule has 0 aliphatic heterocycles. The summed E-state index contributed by atoms with van der Waals surface area (Å²) < 4.78 is 0. The Balaban J connectivity index is 1.60. The van der Waals surface area contributed by atoms with Crippen LogP contribution in [0.2, 0.25) is 0 Å². The van der Waals surface area contributed by atoms with E-state index in [1.165, 1.54) is 0 Å². The number of rotatable bonds is 6. The molecule has 1 amide bonds. The first-order valence-electron chi connectivity index (χ1n) is 8.16. The lowest BCUT2D eigenvalue weighted by Crippen LogP contribution is -2.14. The third-order valence-corrected chi connectivity index (χ3v) is 3.76. The lowest BCUT2D eigenvalue weighted by atomic mass is 10.1. The van der Waals surface area contributed by atoms with Crippen molar-refractivity contribution in [1.29, 1.82) is 0 Å². The summed E-state index contributed by atoms with van der Waals surface area (Å²) in [5.41, 5.74) is 2.74. The molecule has 0 fully saturated rings. The minimum Gasteiger partial charge on any atom is -0.370 e. The van der Waals surface area contributed by atoms with Crippen molar-refractivity contribution >= 4 is 28.3 Å². The number of H-pyrrole nitrogens is 1. The number of hydrogen-bond acceptors (Lipinski definition) is 3. The van der Waals surface area contributed by atoms with Crippen molar-refractivity contribution < 1.29 is 4.79 Å². The van der Waals surface area contributed by atoms with Crippen LogP contribution in [0, 0.1) is 5.92 Å². The second-order valence-electron chi connectivity index (χ2n) is 6.29. The summed E-state index contributed by atoms with van der Waals surface area (Å²) in [5, 5.41) is 7.23. The molecule has 1 aromatic carbocycles. The van der Waals surface area contributed by atoms with Crippen molar-refractivity contribution in [3.63, 3.8) is 0 Å². The zero-order valence-electron chi connectivity index (χ0n) is 14.0. The number of benzene rings is 1. The summed E-state index contributed by atoms with van der Waals surface area (Å²) in [5.74, 6) is 1.32. The minimum atomic E-state index is -0.0514.